The lowest BCUT2D eigenvalue weighted by atomic mass is 10.2. The molecule has 3 heterocycles. The summed E-state index contributed by atoms with van der Waals surface area (Å²) in [5.41, 5.74) is 1.66. The lowest BCUT2D eigenvalue weighted by Crippen LogP contribution is -2.27. The average Bonchev–Trinajstić information content (AvgIpc) is 3.17. The van der Waals surface area contributed by atoms with Crippen LogP contribution >= 0.6 is 11.3 Å². The Balaban J connectivity index is 1.99. The van der Waals surface area contributed by atoms with Gasteiger partial charge in [-0.3, -0.25) is 0 Å². The van der Waals surface area contributed by atoms with Crippen LogP contribution in [-0.2, 0) is 4.74 Å². The van der Waals surface area contributed by atoms with Crippen molar-refractivity contribution in [2.45, 2.75) is 26.4 Å². The molecule has 0 saturated carbocycles. The summed E-state index contributed by atoms with van der Waals surface area (Å²) in [7, 11) is 0. The second-order valence-corrected chi connectivity index (χ2v) is 7.66. The minimum Gasteiger partial charge on any atom is -0.443 e. The van der Waals surface area contributed by atoms with Gasteiger partial charge in [-0.25, -0.2) is 19.3 Å². The summed E-state index contributed by atoms with van der Waals surface area (Å²) in [5.74, 6) is 0. The molecule has 4 aromatic rings. The third-order valence-electron chi connectivity index (χ3n) is 3.79. The van der Waals surface area contributed by atoms with Crippen molar-refractivity contribution in [1.29, 1.82) is 0 Å². The van der Waals surface area contributed by atoms with Gasteiger partial charge in [0.15, 0.2) is 0 Å². The fourth-order valence-electron chi connectivity index (χ4n) is 2.83. The van der Waals surface area contributed by atoms with Gasteiger partial charge in [0, 0.05) is 10.8 Å². The predicted octanol–water partition coefficient (Wildman–Crippen LogP) is 5.10. The van der Waals surface area contributed by atoms with Gasteiger partial charge in [0.2, 0.25) is 0 Å². The van der Waals surface area contributed by atoms with E-state index in [-0.39, 0.29) is 0 Å². The minimum atomic E-state index is -0.580. The molecule has 0 aliphatic carbocycles. The van der Waals surface area contributed by atoms with Gasteiger partial charge in [0.25, 0.3) is 0 Å². The average molecular weight is 351 g/mol. The minimum absolute atomic E-state index is 0.411. The van der Waals surface area contributed by atoms with E-state index in [0.29, 0.717) is 5.69 Å². The molecule has 0 unspecified atom stereocenters. The Hall–Kier alpha value is -2.73. The molecule has 5 nitrogen and oxygen atoms in total. The van der Waals surface area contributed by atoms with Crippen LogP contribution in [0, 0.1) is 0 Å². The number of carbonyl (C=O) groups is 1. The first kappa shape index (κ1) is 15.8. The van der Waals surface area contributed by atoms with Crippen LogP contribution in [0.5, 0.6) is 0 Å². The van der Waals surface area contributed by atoms with Crippen LogP contribution in [0.4, 0.5) is 4.79 Å². The molecular formula is C19H17N3O2S. The smallest absolute Gasteiger partial charge is 0.419 e. The van der Waals surface area contributed by atoms with E-state index < -0.39 is 11.7 Å². The highest BCUT2D eigenvalue weighted by molar-refractivity contribution is 7.16. The van der Waals surface area contributed by atoms with E-state index >= 15 is 0 Å². The van der Waals surface area contributed by atoms with Crippen molar-refractivity contribution in [3.63, 3.8) is 0 Å². The van der Waals surface area contributed by atoms with Gasteiger partial charge < -0.3 is 4.74 Å². The number of thiophene rings is 1. The molecule has 126 valence electrons. The fourth-order valence-corrected chi connectivity index (χ4v) is 3.56. The summed E-state index contributed by atoms with van der Waals surface area (Å²) < 4.78 is 7.23. The van der Waals surface area contributed by atoms with Crippen molar-refractivity contribution in [2.75, 3.05) is 0 Å². The Bertz CT molecular complexity index is 1090. The normalized spacial score (nSPS) is 12.0. The third-order valence-corrected chi connectivity index (χ3v) is 4.61. The zero-order chi connectivity index (χ0) is 17.6. The van der Waals surface area contributed by atoms with Crippen molar-refractivity contribution >= 4 is 38.5 Å². The van der Waals surface area contributed by atoms with E-state index in [1.807, 2.05) is 62.5 Å². The van der Waals surface area contributed by atoms with Crippen LogP contribution in [0.3, 0.4) is 0 Å². The number of hydrogen-bond donors (Lipinski definition) is 0. The molecule has 0 spiro atoms. The molecule has 1 aromatic carbocycles. The summed E-state index contributed by atoms with van der Waals surface area (Å²) in [6, 6.07) is 11.7. The van der Waals surface area contributed by atoms with Gasteiger partial charge in [0.1, 0.15) is 16.8 Å². The lowest BCUT2D eigenvalue weighted by Gasteiger charge is -2.21. The molecule has 0 aliphatic rings. The van der Waals surface area contributed by atoms with Crippen molar-refractivity contribution in [1.82, 2.24) is 14.5 Å². The van der Waals surface area contributed by atoms with Gasteiger partial charge in [-0.1, -0.05) is 18.2 Å². The van der Waals surface area contributed by atoms with Crippen molar-refractivity contribution in [3.05, 3.63) is 48.1 Å². The molecule has 4 rings (SSSR count). The third kappa shape index (κ3) is 2.78. The number of ether oxygens (including phenoxy) is 1. The monoisotopic (exact) mass is 351 g/mol. The molecular weight excluding hydrogens is 334 g/mol. The second kappa shape index (κ2) is 5.67. The Kier molecular flexibility index (Phi) is 3.58. The SMILES string of the molecule is CC(C)(C)OC(=O)n1c(-c2ncnc3sccc23)cc2ccccc21. The number of aromatic nitrogens is 3. The summed E-state index contributed by atoms with van der Waals surface area (Å²) in [6.45, 7) is 5.58. The molecule has 25 heavy (non-hydrogen) atoms. The van der Waals surface area contributed by atoms with E-state index in [4.69, 9.17) is 4.74 Å². The maximum absolute atomic E-state index is 12.9. The fraction of sp³-hybridized carbons (Fsp3) is 0.211. The van der Waals surface area contributed by atoms with Gasteiger partial charge in [-0.2, -0.15) is 0 Å². The summed E-state index contributed by atoms with van der Waals surface area (Å²) in [6.07, 6.45) is 1.12. The van der Waals surface area contributed by atoms with Crippen molar-refractivity contribution in [3.8, 4) is 11.4 Å². The highest BCUT2D eigenvalue weighted by atomic mass is 32.1. The predicted molar refractivity (Wildman–Crippen MR) is 100.0 cm³/mol. The zero-order valence-corrected chi connectivity index (χ0v) is 15.0. The van der Waals surface area contributed by atoms with Crippen LogP contribution in [0.1, 0.15) is 20.8 Å². The van der Waals surface area contributed by atoms with Gasteiger partial charge >= 0.3 is 6.09 Å². The molecule has 0 N–H and O–H groups in total. The molecule has 0 atom stereocenters. The van der Waals surface area contributed by atoms with E-state index in [0.717, 1.165) is 26.8 Å². The van der Waals surface area contributed by atoms with Crippen molar-refractivity contribution < 1.29 is 9.53 Å². The number of para-hydroxylation sites is 1. The van der Waals surface area contributed by atoms with Gasteiger partial charge in [-0.15, -0.1) is 11.3 Å². The Morgan fingerprint density at radius 3 is 2.76 bits per heavy atom. The van der Waals surface area contributed by atoms with Crippen LogP contribution < -0.4 is 0 Å². The molecule has 0 bridgehead atoms. The van der Waals surface area contributed by atoms with E-state index in [2.05, 4.69) is 9.97 Å². The van der Waals surface area contributed by atoms with E-state index in [1.54, 1.807) is 15.9 Å². The molecule has 3 aromatic heterocycles. The molecule has 0 fully saturated rings. The molecule has 0 amide bonds. The molecule has 0 saturated heterocycles. The highest BCUT2D eigenvalue weighted by Crippen LogP contribution is 2.33. The number of nitrogens with zero attached hydrogens (tertiary/aromatic N) is 3. The second-order valence-electron chi connectivity index (χ2n) is 6.77. The Morgan fingerprint density at radius 1 is 1.16 bits per heavy atom. The number of rotatable bonds is 1. The summed E-state index contributed by atoms with van der Waals surface area (Å²) in [4.78, 5) is 22.5. The quantitative estimate of drug-likeness (QED) is 0.479. The number of hydrogen-bond acceptors (Lipinski definition) is 5. The largest absolute Gasteiger partial charge is 0.443 e. The van der Waals surface area contributed by atoms with Crippen LogP contribution in [0.2, 0.25) is 0 Å². The maximum atomic E-state index is 12.9. The van der Waals surface area contributed by atoms with Gasteiger partial charge in [-0.05, 0) is 44.4 Å². The molecule has 0 aliphatic heterocycles. The summed E-state index contributed by atoms with van der Waals surface area (Å²) >= 11 is 1.55. The standard InChI is InChI=1S/C19H17N3O2S/c1-19(2,3)24-18(23)22-14-7-5-4-6-12(14)10-15(22)16-13-8-9-25-17(13)21-11-20-16/h4-11H,1-3H3. The zero-order valence-electron chi connectivity index (χ0n) is 14.2. The highest BCUT2D eigenvalue weighted by Gasteiger charge is 2.24. The molecule has 0 radical (unpaired) electrons. The topological polar surface area (TPSA) is 57.0 Å². The molecule has 6 heteroatoms. The van der Waals surface area contributed by atoms with E-state index in [9.17, 15) is 4.79 Å². The van der Waals surface area contributed by atoms with Crippen molar-refractivity contribution in [2.24, 2.45) is 0 Å². The number of carbonyl (C=O) groups excluding carboxylic acids is 1. The number of benzene rings is 1. The first-order valence-electron chi connectivity index (χ1n) is 7.96. The number of fused-ring (bicyclic) bond motifs is 2. The van der Waals surface area contributed by atoms with Gasteiger partial charge in [0.05, 0.1) is 16.9 Å². The Labute approximate surface area is 148 Å². The maximum Gasteiger partial charge on any atom is 0.419 e. The van der Waals surface area contributed by atoms with Crippen LogP contribution in [0.15, 0.2) is 48.1 Å². The Morgan fingerprint density at radius 2 is 1.96 bits per heavy atom. The van der Waals surface area contributed by atoms with Crippen LogP contribution in [-0.4, -0.2) is 26.2 Å². The first-order chi connectivity index (χ1) is 11.9. The summed E-state index contributed by atoms with van der Waals surface area (Å²) in [5, 5.41) is 3.87. The van der Waals surface area contributed by atoms with Crippen LogP contribution in [0.25, 0.3) is 32.5 Å². The van der Waals surface area contributed by atoms with E-state index in [1.165, 1.54) is 6.33 Å². The first-order valence-corrected chi connectivity index (χ1v) is 8.84. The lowest BCUT2D eigenvalue weighted by molar-refractivity contribution is 0.0547.